The summed E-state index contributed by atoms with van der Waals surface area (Å²) < 4.78 is 12.6. The van der Waals surface area contributed by atoms with Crippen LogP contribution in [0.2, 0.25) is 0 Å². The second-order valence-corrected chi connectivity index (χ2v) is 10.3. The topological polar surface area (TPSA) is 95.3 Å². The van der Waals surface area contributed by atoms with Crippen LogP contribution in [0, 0.1) is 0 Å². The largest absolute Gasteiger partial charge is 0.486 e. The molecule has 0 fully saturated rings. The Morgan fingerprint density at radius 3 is 2.49 bits per heavy atom. The first-order valence-electron chi connectivity index (χ1n) is 11.7. The molecule has 1 N–H and O–H groups in total. The van der Waals surface area contributed by atoms with Crippen LogP contribution in [0.1, 0.15) is 41.5 Å². The highest BCUT2D eigenvalue weighted by Crippen LogP contribution is 2.36. The molecule has 0 saturated heterocycles. The Hall–Kier alpha value is -3.63. The number of aromatic nitrogens is 3. The summed E-state index contributed by atoms with van der Waals surface area (Å²) in [6.07, 6.45) is 0. The van der Waals surface area contributed by atoms with Gasteiger partial charge >= 0.3 is 5.97 Å². The summed E-state index contributed by atoms with van der Waals surface area (Å²) >= 11 is 2.54. The van der Waals surface area contributed by atoms with Crippen molar-refractivity contribution in [1.82, 2.24) is 14.8 Å². The molecule has 37 heavy (non-hydrogen) atoms. The van der Waals surface area contributed by atoms with Crippen LogP contribution in [-0.2, 0) is 23.2 Å². The van der Waals surface area contributed by atoms with Gasteiger partial charge in [0.25, 0.3) is 0 Å². The normalized spacial score (nSPS) is 10.9. The number of amides is 1. The smallest absolute Gasteiger partial charge is 0.341 e. The molecule has 0 saturated carbocycles. The Labute approximate surface area is 224 Å². The van der Waals surface area contributed by atoms with E-state index in [4.69, 9.17) is 9.47 Å². The molecule has 0 bridgehead atoms. The number of anilines is 1. The first-order valence-corrected chi connectivity index (χ1v) is 13.5. The van der Waals surface area contributed by atoms with Gasteiger partial charge in [-0.1, -0.05) is 68.1 Å². The number of esters is 1. The zero-order valence-corrected chi connectivity index (χ0v) is 22.7. The van der Waals surface area contributed by atoms with E-state index < -0.39 is 5.97 Å². The summed E-state index contributed by atoms with van der Waals surface area (Å²) in [6, 6.07) is 17.5. The number of benzene rings is 2. The van der Waals surface area contributed by atoms with Gasteiger partial charge in [-0.15, -0.1) is 21.5 Å². The van der Waals surface area contributed by atoms with Gasteiger partial charge < -0.3 is 19.4 Å². The maximum absolute atomic E-state index is 12.7. The predicted molar refractivity (Wildman–Crippen MR) is 146 cm³/mol. The van der Waals surface area contributed by atoms with Crippen molar-refractivity contribution >= 4 is 40.0 Å². The lowest BCUT2D eigenvalue weighted by Crippen LogP contribution is -2.16. The van der Waals surface area contributed by atoms with E-state index in [0.717, 1.165) is 16.9 Å². The number of thioether (sulfide) groups is 1. The Kier molecular flexibility index (Phi) is 8.62. The Balaban J connectivity index is 1.37. The third-order valence-electron chi connectivity index (χ3n) is 5.69. The van der Waals surface area contributed by atoms with Crippen molar-refractivity contribution in [2.75, 3.05) is 18.2 Å². The predicted octanol–water partition coefficient (Wildman–Crippen LogP) is 5.76. The number of nitrogens with one attached hydrogen (secondary N) is 1. The minimum absolute atomic E-state index is 0.0999. The van der Waals surface area contributed by atoms with E-state index in [0.29, 0.717) is 27.5 Å². The standard InChI is InChI=1S/C27H28N4O4S2/c1-17(2)18-10-12-20(13-11-18)35-14-22-29-30-27(31(22)3)37-16-23(32)28-25-24(26(33)34-4)21(15-36-25)19-8-6-5-7-9-19/h5-13,15,17H,14,16H2,1-4H3,(H,28,32). The van der Waals surface area contributed by atoms with E-state index in [2.05, 4.69) is 41.5 Å². The molecule has 4 rings (SSSR count). The number of carbonyl (C=O) groups is 2. The fourth-order valence-electron chi connectivity index (χ4n) is 3.57. The third-order valence-corrected chi connectivity index (χ3v) is 7.61. The van der Waals surface area contributed by atoms with Crippen molar-refractivity contribution in [3.63, 3.8) is 0 Å². The van der Waals surface area contributed by atoms with Crippen molar-refractivity contribution < 1.29 is 19.1 Å². The second kappa shape index (κ2) is 12.1. The number of hydrogen-bond acceptors (Lipinski definition) is 8. The molecule has 8 nitrogen and oxygen atoms in total. The van der Waals surface area contributed by atoms with Crippen LogP contribution in [0.15, 0.2) is 65.1 Å². The third kappa shape index (κ3) is 6.39. The van der Waals surface area contributed by atoms with Crippen LogP contribution in [-0.4, -0.2) is 39.5 Å². The van der Waals surface area contributed by atoms with Crippen molar-refractivity contribution in [2.45, 2.75) is 31.5 Å². The maximum Gasteiger partial charge on any atom is 0.341 e. The maximum atomic E-state index is 12.7. The Bertz CT molecular complexity index is 1370. The summed E-state index contributed by atoms with van der Waals surface area (Å²) in [4.78, 5) is 25.2. The summed E-state index contributed by atoms with van der Waals surface area (Å²) in [6.45, 7) is 4.56. The number of ether oxygens (including phenoxy) is 2. The average Bonchev–Trinajstić information content (AvgIpc) is 3.49. The molecule has 0 aliphatic rings. The summed E-state index contributed by atoms with van der Waals surface area (Å²) in [5, 5.41) is 14.1. The van der Waals surface area contributed by atoms with Gasteiger partial charge in [-0.3, -0.25) is 4.79 Å². The van der Waals surface area contributed by atoms with Crippen molar-refractivity contribution in [3.8, 4) is 16.9 Å². The minimum Gasteiger partial charge on any atom is -0.486 e. The zero-order valence-electron chi connectivity index (χ0n) is 21.1. The van der Waals surface area contributed by atoms with Crippen molar-refractivity contribution in [3.05, 3.63) is 76.9 Å². The number of nitrogens with zero attached hydrogens (tertiary/aromatic N) is 3. The molecular formula is C27H28N4O4S2. The van der Waals surface area contributed by atoms with Crippen LogP contribution in [0.25, 0.3) is 11.1 Å². The highest BCUT2D eigenvalue weighted by Gasteiger charge is 2.22. The van der Waals surface area contributed by atoms with Crippen LogP contribution >= 0.6 is 23.1 Å². The lowest BCUT2D eigenvalue weighted by Gasteiger charge is -2.09. The van der Waals surface area contributed by atoms with E-state index in [1.165, 1.54) is 35.8 Å². The number of methoxy groups -OCH3 is 1. The van der Waals surface area contributed by atoms with E-state index in [9.17, 15) is 9.59 Å². The van der Waals surface area contributed by atoms with E-state index in [1.807, 2.05) is 54.9 Å². The monoisotopic (exact) mass is 536 g/mol. The molecule has 0 aliphatic carbocycles. The van der Waals surface area contributed by atoms with Gasteiger partial charge in [-0.05, 0) is 29.2 Å². The summed E-state index contributed by atoms with van der Waals surface area (Å²) in [5.41, 5.74) is 3.19. The summed E-state index contributed by atoms with van der Waals surface area (Å²) in [5.74, 6) is 1.20. The molecule has 192 valence electrons. The molecule has 2 aromatic carbocycles. The molecule has 0 aliphatic heterocycles. The van der Waals surface area contributed by atoms with Gasteiger partial charge in [-0.2, -0.15) is 0 Å². The second-order valence-electron chi connectivity index (χ2n) is 8.52. The van der Waals surface area contributed by atoms with Crippen LogP contribution < -0.4 is 10.1 Å². The Morgan fingerprint density at radius 1 is 1.08 bits per heavy atom. The van der Waals surface area contributed by atoms with Gasteiger partial charge in [0.1, 0.15) is 22.9 Å². The van der Waals surface area contributed by atoms with Gasteiger partial charge in [0.2, 0.25) is 5.91 Å². The van der Waals surface area contributed by atoms with Gasteiger partial charge in [0.05, 0.1) is 12.9 Å². The van der Waals surface area contributed by atoms with Crippen molar-refractivity contribution in [2.24, 2.45) is 7.05 Å². The lowest BCUT2D eigenvalue weighted by molar-refractivity contribution is -0.113. The molecule has 0 radical (unpaired) electrons. The average molecular weight is 537 g/mol. The fraction of sp³-hybridized carbons (Fsp3) is 0.259. The van der Waals surface area contributed by atoms with Crippen LogP contribution in [0.5, 0.6) is 5.75 Å². The first kappa shape index (κ1) is 26.4. The van der Waals surface area contributed by atoms with E-state index >= 15 is 0 Å². The van der Waals surface area contributed by atoms with E-state index in [-0.39, 0.29) is 18.3 Å². The fourth-order valence-corrected chi connectivity index (χ4v) is 5.27. The van der Waals surface area contributed by atoms with Crippen LogP contribution in [0.4, 0.5) is 5.00 Å². The first-order chi connectivity index (χ1) is 17.9. The SMILES string of the molecule is COC(=O)c1c(-c2ccccc2)csc1NC(=O)CSc1nnc(COc2ccc(C(C)C)cc2)n1C. The van der Waals surface area contributed by atoms with Crippen LogP contribution in [0.3, 0.4) is 0 Å². The van der Waals surface area contributed by atoms with Crippen molar-refractivity contribution in [1.29, 1.82) is 0 Å². The number of thiophene rings is 1. The molecule has 4 aromatic rings. The Morgan fingerprint density at radius 2 is 1.81 bits per heavy atom. The van der Waals surface area contributed by atoms with Gasteiger partial charge in [0, 0.05) is 18.0 Å². The lowest BCUT2D eigenvalue weighted by atomic mass is 10.0. The van der Waals surface area contributed by atoms with Gasteiger partial charge in [-0.25, -0.2) is 4.79 Å². The number of carbonyl (C=O) groups excluding carboxylic acids is 2. The van der Waals surface area contributed by atoms with Gasteiger partial charge in [0.15, 0.2) is 11.0 Å². The summed E-state index contributed by atoms with van der Waals surface area (Å²) in [7, 11) is 3.16. The molecule has 2 aromatic heterocycles. The quantitative estimate of drug-likeness (QED) is 0.203. The van der Waals surface area contributed by atoms with E-state index in [1.54, 1.807) is 4.57 Å². The number of rotatable bonds is 10. The molecule has 1 amide bonds. The highest BCUT2D eigenvalue weighted by atomic mass is 32.2. The molecule has 10 heteroatoms. The molecular weight excluding hydrogens is 508 g/mol. The minimum atomic E-state index is -0.500. The molecule has 2 heterocycles. The highest BCUT2D eigenvalue weighted by molar-refractivity contribution is 7.99. The molecule has 0 unspecified atom stereocenters. The molecule has 0 spiro atoms. The zero-order chi connectivity index (χ0) is 26.4. The molecule has 0 atom stereocenters. The number of hydrogen-bond donors (Lipinski definition) is 1.